The van der Waals surface area contributed by atoms with Gasteiger partial charge < -0.3 is 10.5 Å². The highest BCUT2D eigenvalue weighted by atomic mass is 79.9. The maximum absolute atomic E-state index is 6.65. The highest BCUT2D eigenvalue weighted by Crippen LogP contribution is 2.43. The smallest absolute Gasteiger partial charge is 0.0888 e. The number of ether oxygens (including phenoxy) is 1. The molecule has 1 aliphatic carbocycles. The molecule has 20 heavy (non-hydrogen) atoms. The van der Waals surface area contributed by atoms with Crippen molar-refractivity contribution in [1.82, 2.24) is 9.78 Å². The van der Waals surface area contributed by atoms with Gasteiger partial charge in [0.05, 0.1) is 28.0 Å². The van der Waals surface area contributed by atoms with Gasteiger partial charge in [0.25, 0.3) is 0 Å². The first-order chi connectivity index (χ1) is 9.41. The fourth-order valence-electron chi connectivity index (χ4n) is 3.44. The molecule has 3 atom stereocenters. The van der Waals surface area contributed by atoms with Crippen LogP contribution >= 0.6 is 15.9 Å². The number of hydrogen-bond acceptors (Lipinski definition) is 3. The first kappa shape index (κ1) is 16.0. The number of rotatable bonds is 4. The van der Waals surface area contributed by atoms with Crippen molar-refractivity contribution < 1.29 is 4.74 Å². The van der Waals surface area contributed by atoms with Crippen LogP contribution in [0.2, 0.25) is 0 Å². The van der Waals surface area contributed by atoms with Gasteiger partial charge in [0, 0.05) is 13.2 Å². The maximum atomic E-state index is 6.65. The second-order valence-electron chi connectivity index (χ2n) is 6.36. The lowest BCUT2D eigenvalue weighted by Gasteiger charge is -2.43. The van der Waals surface area contributed by atoms with E-state index in [1.807, 2.05) is 10.9 Å². The molecule has 0 bridgehead atoms. The van der Waals surface area contributed by atoms with Gasteiger partial charge in [0.2, 0.25) is 0 Å². The van der Waals surface area contributed by atoms with Crippen LogP contribution in [0.25, 0.3) is 0 Å². The Morgan fingerprint density at radius 3 is 2.80 bits per heavy atom. The van der Waals surface area contributed by atoms with Crippen LogP contribution < -0.4 is 5.73 Å². The summed E-state index contributed by atoms with van der Waals surface area (Å²) in [5.41, 5.74) is 7.43. The van der Waals surface area contributed by atoms with E-state index in [1.165, 1.54) is 12.8 Å². The molecule has 0 radical (unpaired) electrons. The molecule has 0 aliphatic heterocycles. The van der Waals surface area contributed by atoms with Gasteiger partial charge in [-0.1, -0.05) is 19.8 Å². The normalized spacial score (nSPS) is 28.9. The van der Waals surface area contributed by atoms with Gasteiger partial charge in [-0.15, -0.1) is 0 Å². The predicted octanol–water partition coefficient (Wildman–Crippen LogP) is 3.82. The van der Waals surface area contributed by atoms with Crippen molar-refractivity contribution >= 4 is 15.9 Å². The SMILES string of the molecule is COC1(C(N)c2c(Br)cnn2C(C)C)CCCC(C)C1. The molecule has 0 spiro atoms. The molecule has 5 heteroatoms. The van der Waals surface area contributed by atoms with Crippen LogP contribution in [0, 0.1) is 5.92 Å². The van der Waals surface area contributed by atoms with Crippen LogP contribution in [0.5, 0.6) is 0 Å². The first-order valence-corrected chi connectivity index (χ1v) is 8.24. The van der Waals surface area contributed by atoms with Crippen LogP contribution in [0.1, 0.15) is 64.2 Å². The summed E-state index contributed by atoms with van der Waals surface area (Å²) in [5.74, 6) is 0.656. The largest absolute Gasteiger partial charge is 0.376 e. The third-order valence-corrected chi connectivity index (χ3v) is 5.15. The molecule has 1 heterocycles. The fraction of sp³-hybridized carbons (Fsp3) is 0.800. The van der Waals surface area contributed by atoms with Crippen LogP contribution in [-0.2, 0) is 4.74 Å². The molecule has 0 aromatic carbocycles. The molecular formula is C15H26BrN3O. The number of nitrogens with two attached hydrogens (primary N) is 1. The lowest BCUT2D eigenvalue weighted by molar-refractivity contribution is -0.0737. The molecule has 2 rings (SSSR count). The van der Waals surface area contributed by atoms with E-state index in [9.17, 15) is 0 Å². The number of halogens is 1. The second-order valence-corrected chi connectivity index (χ2v) is 7.22. The molecule has 1 aliphatic rings. The van der Waals surface area contributed by atoms with Gasteiger partial charge in [-0.05, 0) is 48.5 Å². The summed E-state index contributed by atoms with van der Waals surface area (Å²) in [7, 11) is 1.79. The molecular weight excluding hydrogens is 318 g/mol. The van der Waals surface area contributed by atoms with E-state index in [0.717, 1.165) is 23.0 Å². The summed E-state index contributed by atoms with van der Waals surface area (Å²) in [5, 5.41) is 4.45. The minimum Gasteiger partial charge on any atom is -0.376 e. The molecule has 1 fully saturated rings. The van der Waals surface area contributed by atoms with E-state index in [1.54, 1.807) is 7.11 Å². The van der Waals surface area contributed by atoms with Crippen molar-refractivity contribution in [2.45, 2.75) is 64.1 Å². The van der Waals surface area contributed by atoms with E-state index < -0.39 is 0 Å². The third-order valence-electron chi connectivity index (χ3n) is 4.53. The van der Waals surface area contributed by atoms with E-state index in [4.69, 9.17) is 10.5 Å². The topological polar surface area (TPSA) is 53.1 Å². The van der Waals surface area contributed by atoms with Gasteiger partial charge in [-0.25, -0.2) is 0 Å². The van der Waals surface area contributed by atoms with Crippen molar-refractivity contribution in [3.63, 3.8) is 0 Å². The lowest BCUT2D eigenvalue weighted by Crippen LogP contribution is -2.47. The average molecular weight is 344 g/mol. The molecule has 0 saturated heterocycles. The molecule has 2 N–H and O–H groups in total. The van der Waals surface area contributed by atoms with Gasteiger partial charge in [0.1, 0.15) is 0 Å². The second kappa shape index (κ2) is 6.16. The molecule has 1 aromatic heterocycles. The molecule has 0 amide bonds. The molecule has 3 unspecified atom stereocenters. The van der Waals surface area contributed by atoms with Crippen LogP contribution in [0.15, 0.2) is 10.7 Å². The first-order valence-electron chi connectivity index (χ1n) is 7.45. The standard InChI is InChI=1S/C15H26BrN3O/c1-10(2)19-13(12(16)9-18-19)14(17)15(20-4)7-5-6-11(3)8-15/h9-11,14H,5-8,17H2,1-4H3. The summed E-state index contributed by atoms with van der Waals surface area (Å²) in [6.07, 6.45) is 6.31. The monoisotopic (exact) mass is 343 g/mol. The van der Waals surface area contributed by atoms with E-state index in [-0.39, 0.29) is 17.7 Å². The van der Waals surface area contributed by atoms with Gasteiger partial charge >= 0.3 is 0 Å². The average Bonchev–Trinajstić information content (AvgIpc) is 2.79. The van der Waals surface area contributed by atoms with Crippen LogP contribution in [0.3, 0.4) is 0 Å². The van der Waals surface area contributed by atoms with Crippen molar-refractivity contribution in [3.8, 4) is 0 Å². The summed E-state index contributed by atoms with van der Waals surface area (Å²) >= 11 is 3.60. The number of hydrogen-bond donors (Lipinski definition) is 1. The van der Waals surface area contributed by atoms with E-state index in [0.29, 0.717) is 5.92 Å². The Labute approximate surface area is 130 Å². The Morgan fingerprint density at radius 1 is 1.55 bits per heavy atom. The Hall–Kier alpha value is -0.390. The van der Waals surface area contributed by atoms with Crippen molar-refractivity contribution in [2.75, 3.05) is 7.11 Å². The van der Waals surface area contributed by atoms with Crippen molar-refractivity contribution in [2.24, 2.45) is 11.7 Å². The zero-order chi connectivity index (χ0) is 14.9. The van der Waals surface area contributed by atoms with Gasteiger partial charge in [-0.3, -0.25) is 4.68 Å². The predicted molar refractivity (Wildman–Crippen MR) is 84.6 cm³/mol. The Morgan fingerprint density at radius 2 is 2.25 bits per heavy atom. The van der Waals surface area contributed by atoms with E-state index in [2.05, 4.69) is 41.8 Å². The lowest BCUT2D eigenvalue weighted by atomic mass is 9.74. The van der Waals surface area contributed by atoms with E-state index >= 15 is 0 Å². The zero-order valence-corrected chi connectivity index (χ0v) is 14.5. The minimum absolute atomic E-state index is 0.158. The maximum Gasteiger partial charge on any atom is 0.0888 e. The van der Waals surface area contributed by atoms with Crippen molar-refractivity contribution in [1.29, 1.82) is 0 Å². The molecule has 114 valence electrons. The molecule has 1 saturated carbocycles. The van der Waals surface area contributed by atoms with Crippen LogP contribution in [0.4, 0.5) is 0 Å². The number of aromatic nitrogens is 2. The summed E-state index contributed by atoms with van der Waals surface area (Å²) < 4.78 is 8.93. The number of methoxy groups -OCH3 is 1. The minimum atomic E-state index is -0.271. The highest BCUT2D eigenvalue weighted by molar-refractivity contribution is 9.10. The quantitative estimate of drug-likeness (QED) is 0.903. The van der Waals surface area contributed by atoms with Crippen LogP contribution in [-0.4, -0.2) is 22.5 Å². The Balaban J connectivity index is 2.38. The molecule has 1 aromatic rings. The zero-order valence-electron chi connectivity index (χ0n) is 12.9. The fourth-order valence-corrected chi connectivity index (χ4v) is 3.96. The molecule has 4 nitrogen and oxygen atoms in total. The van der Waals surface area contributed by atoms with Gasteiger partial charge in [0.15, 0.2) is 0 Å². The Kier molecular flexibility index (Phi) is 4.92. The summed E-state index contributed by atoms with van der Waals surface area (Å²) in [6.45, 7) is 6.53. The summed E-state index contributed by atoms with van der Waals surface area (Å²) in [4.78, 5) is 0. The van der Waals surface area contributed by atoms with Crippen molar-refractivity contribution in [3.05, 3.63) is 16.4 Å². The highest BCUT2D eigenvalue weighted by Gasteiger charge is 2.43. The number of nitrogens with zero attached hydrogens (tertiary/aromatic N) is 2. The van der Waals surface area contributed by atoms with Gasteiger partial charge in [-0.2, -0.15) is 5.10 Å². The third kappa shape index (κ3) is 2.81. The summed E-state index contributed by atoms with van der Waals surface area (Å²) in [6, 6.07) is 0.131. The Bertz CT molecular complexity index is 460.